The van der Waals surface area contributed by atoms with E-state index in [0.717, 1.165) is 12.1 Å². The van der Waals surface area contributed by atoms with Crippen molar-refractivity contribution >= 4 is 6.03 Å². The van der Waals surface area contributed by atoms with Crippen molar-refractivity contribution in [2.75, 3.05) is 13.6 Å². The number of nitrogens with zero attached hydrogens (tertiary/aromatic N) is 1. The number of benzene rings is 2. The Bertz CT molecular complexity index is 577. The molecule has 3 rings (SSSR count). The van der Waals surface area contributed by atoms with E-state index in [-0.39, 0.29) is 12.1 Å². The van der Waals surface area contributed by atoms with Crippen LogP contribution in [-0.4, -0.2) is 24.5 Å². The van der Waals surface area contributed by atoms with Gasteiger partial charge in [0.1, 0.15) is 0 Å². The van der Waals surface area contributed by atoms with Crippen LogP contribution in [0.15, 0.2) is 54.6 Å². The molecular formula is C16H16N2O. The fourth-order valence-electron chi connectivity index (χ4n) is 2.39. The Morgan fingerprint density at radius 2 is 1.63 bits per heavy atom. The summed E-state index contributed by atoms with van der Waals surface area (Å²) in [5.74, 6) is 0. The van der Waals surface area contributed by atoms with Crippen LogP contribution < -0.4 is 5.32 Å². The van der Waals surface area contributed by atoms with Crippen molar-refractivity contribution in [3.63, 3.8) is 0 Å². The number of carbonyl (C=O) groups excluding carboxylic acids is 1. The van der Waals surface area contributed by atoms with E-state index in [9.17, 15) is 4.79 Å². The van der Waals surface area contributed by atoms with E-state index in [0.29, 0.717) is 0 Å². The summed E-state index contributed by atoms with van der Waals surface area (Å²) in [6.45, 7) is 0.726. The van der Waals surface area contributed by atoms with Crippen LogP contribution in [0.4, 0.5) is 4.79 Å². The van der Waals surface area contributed by atoms with Gasteiger partial charge in [0.15, 0.2) is 0 Å². The van der Waals surface area contributed by atoms with E-state index in [1.807, 2.05) is 25.2 Å². The molecule has 0 bridgehead atoms. The topological polar surface area (TPSA) is 32.3 Å². The minimum absolute atomic E-state index is 0.00265. The first-order chi connectivity index (χ1) is 9.24. The van der Waals surface area contributed by atoms with E-state index < -0.39 is 0 Å². The Kier molecular flexibility index (Phi) is 2.95. The Morgan fingerprint density at radius 1 is 1.00 bits per heavy atom. The molecule has 1 atom stereocenters. The lowest BCUT2D eigenvalue weighted by Crippen LogP contribution is -2.23. The third kappa shape index (κ3) is 2.32. The van der Waals surface area contributed by atoms with Crippen molar-refractivity contribution in [3.8, 4) is 11.1 Å². The summed E-state index contributed by atoms with van der Waals surface area (Å²) in [5.41, 5.74) is 3.56. The molecule has 2 aromatic rings. The van der Waals surface area contributed by atoms with Gasteiger partial charge in [-0.2, -0.15) is 0 Å². The van der Waals surface area contributed by atoms with Gasteiger partial charge in [0.25, 0.3) is 0 Å². The van der Waals surface area contributed by atoms with E-state index >= 15 is 0 Å². The summed E-state index contributed by atoms with van der Waals surface area (Å²) in [4.78, 5) is 13.2. The Balaban J connectivity index is 1.82. The highest BCUT2D eigenvalue weighted by Gasteiger charge is 2.26. The van der Waals surface area contributed by atoms with E-state index in [2.05, 4.69) is 41.7 Å². The van der Waals surface area contributed by atoms with Gasteiger partial charge in [-0.05, 0) is 16.7 Å². The van der Waals surface area contributed by atoms with Crippen LogP contribution >= 0.6 is 0 Å². The van der Waals surface area contributed by atoms with Crippen molar-refractivity contribution in [3.05, 3.63) is 60.2 Å². The third-order valence-electron chi connectivity index (χ3n) is 3.52. The predicted molar refractivity (Wildman–Crippen MR) is 75.8 cm³/mol. The molecule has 2 aromatic carbocycles. The highest BCUT2D eigenvalue weighted by molar-refractivity contribution is 5.77. The zero-order chi connectivity index (χ0) is 13.2. The average Bonchev–Trinajstić information content (AvgIpc) is 2.80. The summed E-state index contributed by atoms with van der Waals surface area (Å²) in [5, 5.41) is 2.97. The fourth-order valence-corrected chi connectivity index (χ4v) is 2.39. The maximum atomic E-state index is 11.5. The number of urea groups is 1. The molecule has 1 aliphatic heterocycles. The number of amides is 2. The number of rotatable bonds is 2. The van der Waals surface area contributed by atoms with E-state index in [1.54, 1.807) is 4.90 Å². The molecule has 0 saturated carbocycles. The van der Waals surface area contributed by atoms with Crippen LogP contribution in [0.1, 0.15) is 11.6 Å². The van der Waals surface area contributed by atoms with Crippen LogP contribution in [0.3, 0.4) is 0 Å². The molecule has 1 heterocycles. The largest absolute Gasteiger partial charge is 0.329 e. The van der Waals surface area contributed by atoms with Gasteiger partial charge in [0, 0.05) is 13.6 Å². The monoisotopic (exact) mass is 252 g/mol. The Hall–Kier alpha value is -2.29. The summed E-state index contributed by atoms with van der Waals surface area (Å²) in [6.07, 6.45) is 0. The minimum Gasteiger partial charge on any atom is -0.329 e. The maximum Gasteiger partial charge on any atom is 0.317 e. The molecule has 96 valence electrons. The second kappa shape index (κ2) is 4.76. The van der Waals surface area contributed by atoms with Gasteiger partial charge >= 0.3 is 6.03 Å². The zero-order valence-electron chi connectivity index (χ0n) is 10.8. The number of carbonyl (C=O) groups is 1. The van der Waals surface area contributed by atoms with Gasteiger partial charge in [0.2, 0.25) is 0 Å². The SMILES string of the molecule is CN1CC(c2ccc(-c3ccccc3)cc2)NC1=O. The first-order valence-electron chi connectivity index (χ1n) is 6.41. The first-order valence-corrected chi connectivity index (χ1v) is 6.41. The molecular weight excluding hydrogens is 236 g/mol. The Labute approximate surface area is 112 Å². The molecule has 2 amide bonds. The van der Waals surface area contributed by atoms with Gasteiger partial charge in [-0.15, -0.1) is 0 Å². The number of hydrogen-bond donors (Lipinski definition) is 1. The molecule has 0 aliphatic carbocycles. The smallest absolute Gasteiger partial charge is 0.317 e. The lowest BCUT2D eigenvalue weighted by molar-refractivity contribution is 0.226. The molecule has 1 fully saturated rings. The first kappa shape index (κ1) is 11.8. The zero-order valence-corrected chi connectivity index (χ0v) is 10.8. The van der Waals surface area contributed by atoms with E-state index in [1.165, 1.54) is 11.1 Å². The van der Waals surface area contributed by atoms with Crippen molar-refractivity contribution in [2.24, 2.45) is 0 Å². The van der Waals surface area contributed by atoms with Crippen molar-refractivity contribution < 1.29 is 4.79 Å². The van der Waals surface area contributed by atoms with Gasteiger partial charge < -0.3 is 10.2 Å². The molecule has 1 unspecified atom stereocenters. The average molecular weight is 252 g/mol. The standard InChI is InChI=1S/C16H16N2O/c1-18-11-15(17-16(18)19)14-9-7-13(8-10-14)12-5-3-2-4-6-12/h2-10,15H,11H2,1H3,(H,17,19). The van der Waals surface area contributed by atoms with Gasteiger partial charge in [-0.25, -0.2) is 4.79 Å². The highest BCUT2D eigenvalue weighted by atomic mass is 16.2. The normalized spacial score (nSPS) is 18.5. The molecule has 1 N–H and O–H groups in total. The second-order valence-corrected chi connectivity index (χ2v) is 4.87. The minimum atomic E-state index is -0.00265. The second-order valence-electron chi connectivity index (χ2n) is 4.87. The van der Waals surface area contributed by atoms with Gasteiger partial charge in [-0.1, -0.05) is 54.6 Å². The van der Waals surface area contributed by atoms with Crippen molar-refractivity contribution in [2.45, 2.75) is 6.04 Å². The van der Waals surface area contributed by atoms with Crippen LogP contribution in [-0.2, 0) is 0 Å². The lowest BCUT2D eigenvalue weighted by atomic mass is 10.0. The van der Waals surface area contributed by atoms with Crippen LogP contribution in [0.5, 0.6) is 0 Å². The van der Waals surface area contributed by atoms with Crippen molar-refractivity contribution in [1.82, 2.24) is 10.2 Å². The van der Waals surface area contributed by atoms with Crippen LogP contribution in [0.2, 0.25) is 0 Å². The lowest BCUT2D eigenvalue weighted by Gasteiger charge is -2.10. The Morgan fingerprint density at radius 3 is 2.21 bits per heavy atom. The fraction of sp³-hybridized carbons (Fsp3) is 0.188. The molecule has 1 aliphatic rings. The van der Waals surface area contributed by atoms with Crippen LogP contribution in [0, 0.1) is 0 Å². The molecule has 0 aromatic heterocycles. The number of nitrogens with one attached hydrogen (secondary N) is 1. The molecule has 0 spiro atoms. The van der Waals surface area contributed by atoms with Crippen LogP contribution in [0.25, 0.3) is 11.1 Å². The third-order valence-corrected chi connectivity index (χ3v) is 3.52. The maximum absolute atomic E-state index is 11.5. The van der Waals surface area contributed by atoms with Crippen molar-refractivity contribution in [1.29, 1.82) is 0 Å². The van der Waals surface area contributed by atoms with Gasteiger partial charge in [-0.3, -0.25) is 0 Å². The number of hydrogen-bond acceptors (Lipinski definition) is 1. The quantitative estimate of drug-likeness (QED) is 0.875. The predicted octanol–water partition coefficient (Wildman–Crippen LogP) is 3.05. The number of likely N-dealkylation sites (N-methyl/N-ethyl adjacent to an activating group) is 1. The summed E-state index contributed by atoms with van der Waals surface area (Å²) in [7, 11) is 1.81. The summed E-state index contributed by atoms with van der Waals surface area (Å²) < 4.78 is 0. The molecule has 0 radical (unpaired) electrons. The molecule has 3 heteroatoms. The summed E-state index contributed by atoms with van der Waals surface area (Å²) in [6, 6.07) is 18.8. The van der Waals surface area contributed by atoms with E-state index in [4.69, 9.17) is 0 Å². The summed E-state index contributed by atoms with van der Waals surface area (Å²) >= 11 is 0. The molecule has 3 nitrogen and oxygen atoms in total. The molecule has 19 heavy (non-hydrogen) atoms. The highest BCUT2D eigenvalue weighted by Crippen LogP contribution is 2.24. The van der Waals surface area contributed by atoms with Gasteiger partial charge in [0.05, 0.1) is 6.04 Å². The molecule has 1 saturated heterocycles.